The van der Waals surface area contributed by atoms with E-state index in [1.54, 1.807) is 0 Å². The molecule has 0 fully saturated rings. The quantitative estimate of drug-likeness (QED) is 0.437. The van der Waals surface area contributed by atoms with E-state index in [1.165, 1.54) is 0 Å². The van der Waals surface area contributed by atoms with Gasteiger partial charge in [0.2, 0.25) is 0 Å². The minimum atomic E-state index is -1.11. The molecule has 0 bridgehead atoms. The van der Waals surface area contributed by atoms with Crippen LogP contribution in [0.25, 0.3) is 0 Å². The average Bonchev–Trinajstić information content (AvgIpc) is 1.84. The number of aliphatic carboxylic acids is 2. The van der Waals surface area contributed by atoms with Gasteiger partial charge in [0.1, 0.15) is 0 Å². The van der Waals surface area contributed by atoms with Crippen LogP contribution in [0.15, 0.2) is 0 Å². The van der Waals surface area contributed by atoms with Gasteiger partial charge in [-0.2, -0.15) is 0 Å². The molecule has 0 aromatic rings. The second-order valence-electron chi connectivity index (χ2n) is 2.22. The number of hydrogen-bond donors (Lipinski definition) is 3. The number of carboxylic acids is 2. The Morgan fingerprint density at radius 2 is 1.36 bits per heavy atom. The molecule has 72 valence electrons. The van der Waals surface area contributed by atoms with Crippen molar-refractivity contribution in [3.05, 3.63) is 0 Å². The molecule has 0 unspecified atom stereocenters. The Hall–Kier alpha value is 0.860. The predicted molar refractivity (Wildman–Crippen MR) is 50.3 cm³/mol. The summed E-state index contributed by atoms with van der Waals surface area (Å²) in [5.41, 5.74) is 0. The topological polar surface area (TPSA) is 98.1 Å². The molecule has 0 rings (SSSR count). The van der Waals surface area contributed by atoms with Crippen LogP contribution in [-0.4, -0.2) is 118 Å². The van der Waals surface area contributed by atoms with Gasteiger partial charge in [-0.1, -0.05) is 0 Å². The summed E-state index contributed by atoms with van der Waals surface area (Å²) in [7, 11) is 0. The second-order valence-corrected chi connectivity index (χ2v) is 2.22. The van der Waals surface area contributed by atoms with Gasteiger partial charge in [0.05, 0.1) is 19.7 Å². The fourth-order valence-electron chi connectivity index (χ4n) is 0.738. The summed E-state index contributed by atoms with van der Waals surface area (Å²) in [5.74, 6) is -2.21. The van der Waals surface area contributed by atoms with Crippen molar-refractivity contribution >= 4 is 71.1 Å². The van der Waals surface area contributed by atoms with Crippen LogP contribution in [0.4, 0.5) is 0 Å². The van der Waals surface area contributed by atoms with Crippen LogP contribution >= 0.6 is 0 Å². The minimum absolute atomic E-state index is 0. The molecule has 2 radical (unpaired) electrons. The van der Waals surface area contributed by atoms with Gasteiger partial charge in [0, 0.05) is 65.7 Å². The largest absolute Gasteiger partial charge is 0.480 e. The number of aliphatic hydroxyl groups is 1. The maximum absolute atomic E-state index is 10.1. The van der Waals surface area contributed by atoms with Crippen LogP contribution in [0.3, 0.4) is 0 Å². The van der Waals surface area contributed by atoms with Gasteiger partial charge in [0.25, 0.3) is 0 Å². The Labute approximate surface area is 126 Å². The Morgan fingerprint density at radius 1 is 1.00 bits per heavy atom. The molecule has 0 aliphatic carbocycles. The molecule has 0 heterocycles. The van der Waals surface area contributed by atoms with Gasteiger partial charge in [-0.15, -0.1) is 0 Å². The van der Waals surface area contributed by atoms with Crippen LogP contribution in [-0.2, 0) is 9.59 Å². The molecular weight excluding hydrogens is 212 g/mol. The first-order valence-corrected chi connectivity index (χ1v) is 3.33. The number of aliphatic hydroxyl groups excluding tert-OH is 1. The first kappa shape index (κ1) is 20.3. The van der Waals surface area contributed by atoms with E-state index in [-0.39, 0.29) is 85.4 Å². The minimum Gasteiger partial charge on any atom is -0.480 e. The molecule has 14 heavy (non-hydrogen) atoms. The van der Waals surface area contributed by atoms with E-state index >= 15 is 0 Å². The summed E-state index contributed by atoms with van der Waals surface area (Å²) < 4.78 is 0. The zero-order valence-electron chi connectivity index (χ0n) is 8.43. The fraction of sp³-hybridized carbons (Fsp3) is 0.667. The standard InChI is InChI=1S/C6H11NO5.2Na/c8-2-1-7(3-5(9)10)4-6(11)12;;/h8H,1-4H2,(H,9,10)(H,11,12);;. The summed E-state index contributed by atoms with van der Waals surface area (Å²) >= 11 is 0. The molecule has 0 aromatic heterocycles. The molecule has 0 saturated carbocycles. The Morgan fingerprint density at radius 3 is 1.57 bits per heavy atom. The molecule has 0 aliphatic rings. The fourth-order valence-corrected chi connectivity index (χ4v) is 0.738. The van der Waals surface area contributed by atoms with Gasteiger partial charge in [0.15, 0.2) is 0 Å². The third-order valence-corrected chi connectivity index (χ3v) is 1.13. The summed E-state index contributed by atoms with van der Waals surface area (Å²) in [6.45, 7) is -0.932. The first-order chi connectivity index (χ1) is 5.56. The summed E-state index contributed by atoms with van der Waals surface area (Å²) in [6, 6.07) is 0. The summed E-state index contributed by atoms with van der Waals surface area (Å²) in [5, 5.41) is 25.0. The number of nitrogens with zero attached hydrogens (tertiary/aromatic N) is 1. The van der Waals surface area contributed by atoms with E-state index in [0.29, 0.717) is 0 Å². The Kier molecular flexibility index (Phi) is 17.3. The van der Waals surface area contributed by atoms with Crippen LogP contribution in [0.1, 0.15) is 0 Å². The van der Waals surface area contributed by atoms with Crippen molar-refractivity contribution in [3.63, 3.8) is 0 Å². The number of carboxylic acid groups (broad SMARTS) is 2. The molecular formula is C6H11NNa2O5. The van der Waals surface area contributed by atoms with E-state index in [0.717, 1.165) is 4.90 Å². The van der Waals surface area contributed by atoms with Gasteiger partial charge in [-0.3, -0.25) is 14.5 Å². The van der Waals surface area contributed by atoms with Crippen molar-refractivity contribution in [2.45, 2.75) is 0 Å². The molecule has 8 heteroatoms. The third-order valence-electron chi connectivity index (χ3n) is 1.13. The van der Waals surface area contributed by atoms with Gasteiger partial charge < -0.3 is 15.3 Å². The van der Waals surface area contributed by atoms with Crippen molar-refractivity contribution in [2.75, 3.05) is 26.2 Å². The summed E-state index contributed by atoms with van der Waals surface area (Å²) in [6.07, 6.45) is 0. The molecule has 0 atom stereocenters. The van der Waals surface area contributed by atoms with Crippen molar-refractivity contribution in [1.82, 2.24) is 4.90 Å². The van der Waals surface area contributed by atoms with E-state index in [4.69, 9.17) is 15.3 Å². The van der Waals surface area contributed by atoms with Gasteiger partial charge in [-0.05, 0) is 0 Å². The molecule has 0 saturated heterocycles. The predicted octanol–water partition coefficient (Wildman–Crippen LogP) is -2.31. The molecule has 0 spiro atoms. The van der Waals surface area contributed by atoms with Crippen LogP contribution in [0, 0.1) is 0 Å². The number of carbonyl (C=O) groups is 2. The van der Waals surface area contributed by atoms with Crippen molar-refractivity contribution in [1.29, 1.82) is 0 Å². The molecule has 3 N–H and O–H groups in total. The van der Waals surface area contributed by atoms with Crippen molar-refractivity contribution in [2.24, 2.45) is 0 Å². The smallest absolute Gasteiger partial charge is 0.317 e. The Balaban J connectivity index is -0.000000605. The van der Waals surface area contributed by atoms with Crippen molar-refractivity contribution < 1.29 is 24.9 Å². The van der Waals surface area contributed by atoms with Crippen LogP contribution in [0.2, 0.25) is 0 Å². The number of hydrogen-bond acceptors (Lipinski definition) is 4. The van der Waals surface area contributed by atoms with E-state index < -0.39 is 11.9 Å². The second kappa shape index (κ2) is 11.9. The maximum Gasteiger partial charge on any atom is 0.317 e. The summed E-state index contributed by atoms with van der Waals surface area (Å²) in [4.78, 5) is 21.4. The zero-order chi connectivity index (χ0) is 9.56. The third kappa shape index (κ3) is 12.9. The monoisotopic (exact) mass is 223 g/mol. The van der Waals surface area contributed by atoms with Gasteiger partial charge >= 0.3 is 11.9 Å². The van der Waals surface area contributed by atoms with E-state index in [2.05, 4.69) is 0 Å². The average molecular weight is 223 g/mol. The molecule has 0 aliphatic heterocycles. The normalized spacial score (nSPS) is 8.71. The molecule has 0 aromatic carbocycles. The Bertz CT molecular complexity index is 162. The van der Waals surface area contributed by atoms with E-state index in [9.17, 15) is 9.59 Å². The van der Waals surface area contributed by atoms with Crippen molar-refractivity contribution in [3.8, 4) is 0 Å². The SMILES string of the molecule is O=C(O)CN(CCO)CC(=O)O.[Na].[Na]. The number of rotatable bonds is 6. The zero-order valence-corrected chi connectivity index (χ0v) is 12.4. The first-order valence-electron chi connectivity index (χ1n) is 3.33. The maximum atomic E-state index is 10.1. The van der Waals surface area contributed by atoms with Gasteiger partial charge in [-0.25, -0.2) is 0 Å². The molecule has 6 nitrogen and oxygen atoms in total. The van der Waals surface area contributed by atoms with E-state index in [1.807, 2.05) is 0 Å². The molecule has 0 amide bonds. The van der Waals surface area contributed by atoms with Crippen LogP contribution < -0.4 is 0 Å². The van der Waals surface area contributed by atoms with Crippen LogP contribution in [0.5, 0.6) is 0 Å².